The highest BCUT2D eigenvalue weighted by atomic mass is 16.5. The van der Waals surface area contributed by atoms with Crippen molar-refractivity contribution in [1.29, 1.82) is 0 Å². The van der Waals surface area contributed by atoms with E-state index in [0.29, 0.717) is 4.86 Å². The first kappa shape index (κ1) is 8.45. The van der Waals surface area contributed by atoms with E-state index in [2.05, 4.69) is 15.6 Å². The van der Waals surface area contributed by atoms with Gasteiger partial charge in [-0.15, -0.1) is 5.43 Å². The van der Waals surface area contributed by atoms with Crippen LogP contribution < -0.4 is 5.43 Å². The van der Waals surface area contributed by atoms with Crippen molar-refractivity contribution in [2.24, 2.45) is 5.22 Å². The van der Waals surface area contributed by atoms with Crippen LogP contribution in [-0.2, 0) is 0 Å². The predicted molar refractivity (Wildman–Crippen MR) is 44.6 cm³/mol. The van der Waals surface area contributed by atoms with Crippen LogP contribution >= 0.6 is 0 Å². The average molecular weight is 166 g/mol. The maximum Gasteiger partial charge on any atom is 0.168 e. The molecule has 1 aromatic heterocycles. The Kier molecular flexibility index (Phi) is 2.57. The van der Waals surface area contributed by atoms with Crippen LogP contribution in [0.25, 0.3) is 0 Å². The van der Waals surface area contributed by atoms with E-state index in [1.54, 1.807) is 12.4 Å². The largest absolute Gasteiger partial charge is 0.696 e. The number of aryl methyl sites for hydroxylation is 1. The van der Waals surface area contributed by atoms with Gasteiger partial charge in [0, 0.05) is 11.8 Å². The Bertz CT molecular complexity index is 293. The SMILES string of the molecule is Cc1ccncc1N/N=[N+](/C)[O-]. The van der Waals surface area contributed by atoms with Crippen molar-refractivity contribution in [3.63, 3.8) is 0 Å². The molecule has 0 bridgehead atoms. The lowest BCUT2D eigenvalue weighted by molar-refractivity contribution is -0.497. The second-order valence-corrected chi connectivity index (χ2v) is 2.37. The zero-order valence-electron chi connectivity index (χ0n) is 6.98. The van der Waals surface area contributed by atoms with Crippen molar-refractivity contribution in [2.45, 2.75) is 6.92 Å². The fourth-order valence-corrected chi connectivity index (χ4v) is 0.705. The summed E-state index contributed by atoms with van der Waals surface area (Å²) in [4.78, 5) is 4.33. The second kappa shape index (κ2) is 3.66. The molecule has 0 spiro atoms. The third-order valence-electron chi connectivity index (χ3n) is 1.35. The lowest BCUT2D eigenvalue weighted by Crippen LogP contribution is -1.98. The predicted octanol–water partition coefficient (Wildman–Crippen LogP) is 1.31. The van der Waals surface area contributed by atoms with E-state index < -0.39 is 0 Å². The Morgan fingerprint density at radius 1 is 1.67 bits per heavy atom. The van der Waals surface area contributed by atoms with Gasteiger partial charge in [-0.3, -0.25) is 4.98 Å². The number of nitrogens with zero attached hydrogens (tertiary/aromatic N) is 3. The van der Waals surface area contributed by atoms with Crippen LogP contribution in [0.3, 0.4) is 0 Å². The van der Waals surface area contributed by atoms with Gasteiger partial charge >= 0.3 is 0 Å². The summed E-state index contributed by atoms with van der Waals surface area (Å²) in [5, 5.41) is 13.8. The zero-order valence-corrected chi connectivity index (χ0v) is 6.98. The Hall–Kier alpha value is -1.65. The molecule has 0 fully saturated rings. The van der Waals surface area contributed by atoms with Gasteiger partial charge in [-0.05, 0) is 13.0 Å². The van der Waals surface area contributed by atoms with E-state index in [0.717, 1.165) is 11.3 Å². The molecule has 0 aliphatic carbocycles. The minimum absolute atomic E-state index is 0.451. The lowest BCUT2D eigenvalue weighted by Gasteiger charge is -1.99. The number of nitrogens with one attached hydrogen (secondary N) is 1. The summed E-state index contributed by atoms with van der Waals surface area (Å²) in [6.07, 6.45) is 3.30. The Morgan fingerprint density at radius 3 is 3.00 bits per heavy atom. The quantitative estimate of drug-likeness (QED) is 0.409. The smallest absolute Gasteiger partial charge is 0.168 e. The molecule has 64 valence electrons. The van der Waals surface area contributed by atoms with E-state index in [1.807, 2.05) is 13.0 Å². The van der Waals surface area contributed by atoms with Gasteiger partial charge in [0.15, 0.2) is 5.69 Å². The third kappa shape index (κ3) is 2.19. The van der Waals surface area contributed by atoms with Gasteiger partial charge in [-0.1, -0.05) is 0 Å². The molecule has 5 heteroatoms. The molecular formula is C7H10N4O. The van der Waals surface area contributed by atoms with E-state index >= 15 is 0 Å². The minimum Gasteiger partial charge on any atom is -0.696 e. The summed E-state index contributed by atoms with van der Waals surface area (Å²) in [5.74, 6) is 0. The number of aromatic nitrogens is 1. The fraction of sp³-hybridized carbons (Fsp3) is 0.286. The van der Waals surface area contributed by atoms with Crippen LogP contribution in [0.2, 0.25) is 0 Å². The Labute approximate surface area is 70.3 Å². The van der Waals surface area contributed by atoms with Crippen LogP contribution in [-0.4, -0.2) is 16.9 Å². The molecule has 0 aliphatic heterocycles. The van der Waals surface area contributed by atoms with Crippen molar-refractivity contribution in [1.82, 2.24) is 4.98 Å². The summed E-state index contributed by atoms with van der Waals surface area (Å²) in [5.41, 5.74) is 4.32. The standard InChI is InChI=1S/C7H10N4O/c1-6-3-4-8-5-7(6)9-10-11(2)12/h3-5,9H,1-2H3/b11-10-. The number of hydrogen-bond donors (Lipinski definition) is 1. The Morgan fingerprint density at radius 2 is 2.42 bits per heavy atom. The molecule has 12 heavy (non-hydrogen) atoms. The van der Waals surface area contributed by atoms with Crippen LogP contribution in [0.4, 0.5) is 5.69 Å². The van der Waals surface area contributed by atoms with Gasteiger partial charge in [0.05, 0.1) is 11.4 Å². The maximum absolute atomic E-state index is 10.4. The van der Waals surface area contributed by atoms with Crippen molar-refractivity contribution in [2.75, 3.05) is 12.5 Å². The number of hydroxylamine groups is 1. The summed E-state index contributed by atoms with van der Waals surface area (Å²) >= 11 is 0. The second-order valence-electron chi connectivity index (χ2n) is 2.37. The van der Waals surface area contributed by atoms with Gasteiger partial charge < -0.3 is 5.21 Å². The lowest BCUT2D eigenvalue weighted by atomic mass is 10.3. The molecular weight excluding hydrogens is 156 g/mol. The first-order valence-electron chi connectivity index (χ1n) is 3.48. The van der Waals surface area contributed by atoms with Crippen LogP contribution in [0.1, 0.15) is 5.56 Å². The number of rotatable bonds is 2. The third-order valence-corrected chi connectivity index (χ3v) is 1.35. The number of pyridine rings is 1. The highest BCUT2D eigenvalue weighted by Gasteiger charge is 1.98. The van der Waals surface area contributed by atoms with Crippen molar-refractivity contribution in [3.05, 3.63) is 29.2 Å². The molecule has 0 unspecified atom stereocenters. The molecule has 5 nitrogen and oxygen atoms in total. The van der Waals surface area contributed by atoms with Gasteiger partial charge in [0.1, 0.15) is 7.05 Å². The molecule has 0 atom stereocenters. The van der Waals surface area contributed by atoms with Gasteiger partial charge in [-0.2, -0.15) is 4.86 Å². The monoisotopic (exact) mass is 166 g/mol. The average Bonchev–Trinajstić information content (AvgIpc) is 2.03. The Balaban J connectivity index is 2.76. The molecule has 1 rings (SSSR count). The van der Waals surface area contributed by atoms with E-state index in [9.17, 15) is 5.21 Å². The maximum atomic E-state index is 10.4. The van der Waals surface area contributed by atoms with Crippen molar-refractivity contribution < 1.29 is 4.86 Å². The van der Waals surface area contributed by atoms with E-state index in [1.165, 1.54) is 7.05 Å². The fourth-order valence-electron chi connectivity index (χ4n) is 0.705. The topological polar surface area (TPSA) is 63.3 Å². The molecule has 0 aromatic carbocycles. The minimum atomic E-state index is 0.451. The van der Waals surface area contributed by atoms with Crippen LogP contribution in [0, 0.1) is 12.1 Å². The summed E-state index contributed by atoms with van der Waals surface area (Å²) < 4.78 is 0. The summed E-state index contributed by atoms with van der Waals surface area (Å²) in [6, 6.07) is 1.84. The van der Waals surface area contributed by atoms with E-state index in [4.69, 9.17) is 0 Å². The summed E-state index contributed by atoms with van der Waals surface area (Å²) in [7, 11) is 1.30. The summed E-state index contributed by atoms with van der Waals surface area (Å²) in [6.45, 7) is 1.91. The van der Waals surface area contributed by atoms with Crippen LogP contribution in [0.15, 0.2) is 23.7 Å². The van der Waals surface area contributed by atoms with Crippen molar-refractivity contribution in [3.8, 4) is 0 Å². The normalized spacial score (nSPS) is 11.3. The van der Waals surface area contributed by atoms with Gasteiger partial charge in [0.2, 0.25) is 0 Å². The molecule has 1 heterocycles. The van der Waals surface area contributed by atoms with Crippen LogP contribution in [0.5, 0.6) is 0 Å². The van der Waals surface area contributed by atoms with E-state index in [-0.39, 0.29) is 0 Å². The number of anilines is 1. The first-order chi connectivity index (χ1) is 5.70. The molecule has 0 amide bonds. The molecule has 0 radical (unpaired) electrons. The number of hydrogen-bond acceptors (Lipinski definition) is 3. The highest BCUT2D eigenvalue weighted by Crippen LogP contribution is 2.10. The zero-order chi connectivity index (χ0) is 8.97. The van der Waals surface area contributed by atoms with Gasteiger partial charge in [-0.25, -0.2) is 0 Å². The molecule has 0 saturated heterocycles. The highest BCUT2D eigenvalue weighted by molar-refractivity contribution is 5.46. The molecule has 1 aromatic rings. The van der Waals surface area contributed by atoms with Crippen molar-refractivity contribution >= 4 is 5.69 Å². The van der Waals surface area contributed by atoms with Gasteiger partial charge in [0.25, 0.3) is 0 Å². The molecule has 1 N–H and O–H groups in total. The molecule has 0 aliphatic rings. The first-order valence-corrected chi connectivity index (χ1v) is 3.48. The molecule has 0 saturated carbocycles.